The molecule has 0 unspecified atom stereocenters. The van der Waals surface area contributed by atoms with Crippen molar-refractivity contribution >= 4 is 17.3 Å². The topological polar surface area (TPSA) is 70.9 Å². The van der Waals surface area contributed by atoms with Crippen LogP contribution < -0.4 is 5.32 Å². The number of halogens is 1. The molecule has 5 nitrogen and oxygen atoms in total. The predicted molar refractivity (Wildman–Crippen MR) is 123 cm³/mol. The van der Waals surface area contributed by atoms with Gasteiger partial charge in [-0.2, -0.15) is 0 Å². The zero-order valence-corrected chi connectivity index (χ0v) is 18.2. The lowest BCUT2D eigenvalue weighted by molar-refractivity contribution is 0.300. The average Bonchev–Trinajstić information content (AvgIpc) is 3.15. The smallest absolute Gasteiger partial charge is 0.223 e. The summed E-state index contributed by atoms with van der Waals surface area (Å²) in [6.07, 6.45) is 2.17. The van der Waals surface area contributed by atoms with E-state index in [9.17, 15) is 9.50 Å². The molecule has 1 atom stereocenters. The van der Waals surface area contributed by atoms with Gasteiger partial charge in [0.2, 0.25) is 5.95 Å². The van der Waals surface area contributed by atoms with E-state index in [1.807, 2.05) is 44.2 Å². The number of hydrogen-bond donors (Lipinski definition) is 2. The van der Waals surface area contributed by atoms with Crippen LogP contribution in [0.3, 0.4) is 0 Å². The van der Waals surface area contributed by atoms with Crippen LogP contribution in [-0.2, 0) is 6.42 Å². The summed E-state index contributed by atoms with van der Waals surface area (Å²) in [6, 6.07) is 16.6. The standard InChI is InChI=1S/C24H23FN4OS/c1-15(17-8-4-3-5-9-17)28-24-26-14-19(18-10-6-7-11-20(18)25)22(29-24)23-27-16(2)21(31-23)12-13-30/h3-11,14-15,30H,12-13H2,1-2H3,(H,26,28,29)/t15-/m0/s1. The third kappa shape index (κ3) is 4.62. The Labute approximate surface area is 184 Å². The van der Waals surface area contributed by atoms with E-state index in [0.717, 1.165) is 16.1 Å². The molecule has 158 valence electrons. The molecule has 2 aromatic carbocycles. The average molecular weight is 435 g/mol. The number of rotatable bonds is 7. The number of hydrogen-bond acceptors (Lipinski definition) is 6. The van der Waals surface area contributed by atoms with Crippen LogP contribution in [0.25, 0.3) is 21.8 Å². The fourth-order valence-electron chi connectivity index (χ4n) is 3.37. The first-order valence-corrected chi connectivity index (χ1v) is 10.9. The molecule has 0 saturated heterocycles. The summed E-state index contributed by atoms with van der Waals surface area (Å²) >= 11 is 1.46. The second-order valence-corrected chi connectivity index (χ2v) is 8.30. The van der Waals surface area contributed by atoms with Gasteiger partial charge in [0.1, 0.15) is 16.5 Å². The highest BCUT2D eigenvalue weighted by Gasteiger charge is 2.19. The summed E-state index contributed by atoms with van der Waals surface area (Å²) in [5.41, 5.74) is 3.54. The minimum atomic E-state index is -0.338. The van der Waals surface area contributed by atoms with Gasteiger partial charge in [0.15, 0.2) is 0 Å². The molecular weight excluding hydrogens is 411 g/mol. The summed E-state index contributed by atoms with van der Waals surface area (Å²) in [7, 11) is 0. The number of thiazole rings is 1. The first kappa shape index (κ1) is 21.1. The SMILES string of the molecule is Cc1nc(-c2nc(N[C@@H](C)c3ccccc3)ncc2-c2ccccc2F)sc1CCO. The molecule has 0 bridgehead atoms. The van der Waals surface area contributed by atoms with E-state index in [2.05, 4.69) is 15.3 Å². The molecule has 0 spiro atoms. The van der Waals surface area contributed by atoms with Crippen molar-refractivity contribution in [3.8, 4) is 21.8 Å². The Bertz CT molecular complexity index is 1180. The molecule has 2 N–H and O–H groups in total. The highest BCUT2D eigenvalue weighted by molar-refractivity contribution is 7.15. The van der Waals surface area contributed by atoms with Crippen molar-refractivity contribution in [2.45, 2.75) is 26.3 Å². The van der Waals surface area contributed by atoms with Crippen LogP contribution in [0.4, 0.5) is 10.3 Å². The van der Waals surface area contributed by atoms with E-state index in [0.29, 0.717) is 34.2 Å². The monoisotopic (exact) mass is 434 g/mol. The highest BCUT2D eigenvalue weighted by atomic mass is 32.1. The number of anilines is 1. The van der Waals surface area contributed by atoms with Crippen molar-refractivity contribution in [3.05, 3.63) is 82.7 Å². The van der Waals surface area contributed by atoms with E-state index in [4.69, 9.17) is 4.98 Å². The van der Waals surface area contributed by atoms with Gasteiger partial charge in [-0.05, 0) is 25.5 Å². The Morgan fingerprint density at radius 1 is 1.03 bits per heavy atom. The van der Waals surface area contributed by atoms with Gasteiger partial charge in [0.05, 0.1) is 11.7 Å². The molecule has 0 fully saturated rings. The second-order valence-electron chi connectivity index (χ2n) is 7.21. The number of aliphatic hydroxyl groups is 1. The Morgan fingerprint density at radius 2 is 1.77 bits per heavy atom. The van der Waals surface area contributed by atoms with Gasteiger partial charge in [-0.3, -0.25) is 0 Å². The van der Waals surface area contributed by atoms with Crippen molar-refractivity contribution in [1.82, 2.24) is 15.0 Å². The highest BCUT2D eigenvalue weighted by Crippen LogP contribution is 2.36. The minimum Gasteiger partial charge on any atom is -0.396 e. The number of aryl methyl sites for hydroxylation is 1. The van der Waals surface area contributed by atoms with Crippen molar-refractivity contribution in [3.63, 3.8) is 0 Å². The van der Waals surface area contributed by atoms with Crippen molar-refractivity contribution in [1.29, 1.82) is 0 Å². The van der Waals surface area contributed by atoms with Gasteiger partial charge in [0, 0.05) is 35.2 Å². The Morgan fingerprint density at radius 3 is 2.52 bits per heavy atom. The zero-order chi connectivity index (χ0) is 21.8. The van der Waals surface area contributed by atoms with Crippen LogP contribution in [0, 0.1) is 12.7 Å². The normalized spacial score (nSPS) is 12.0. The molecule has 31 heavy (non-hydrogen) atoms. The molecule has 0 aliphatic carbocycles. The molecular formula is C24H23FN4OS. The summed E-state index contributed by atoms with van der Waals surface area (Å²) in [5.74, 6) is 0.109. The fourth-order valence-corrected chi connectivity index (χ4v) is 4.43. The van der Waals surface area contributed by atoms with Crippen LogP contribution in [0.15, 0.2) is 60.8 Å². The molecule has 0 amide bonds. The van der Waals surface area contributed by atoms with Crippen molar-refractivity contribution in [2.75, 3.05) is 11.9 Å². The summed E-state index contributed by atoms with van der Waals surface area (Å²) in [6.45, 7) is 4.00. The third-order valence-corrected chi connectivity index (χ3v) is 6.26. The molecule has 7 heteroatoms. The van der Waals surface area contributed by atoms with E-state index in [1.165, 1.54) is 17.4 Å². The maximum absolute atomic E-state index is 14.6. The first-order chi connectivity index (χ1) is 15.1. The summed E-state index contributed by atoms with van der Waals surface area (Å²) in [5, 5.41) is 13.3. The van der Waals surface area contributed by atoms with E-state index in [1.54, 1.807) is 24.4 Å². The first-order valence-electron chi connectivity index (χ1n) is 10.1. The Hall–Kier alpha value is -3.16. The maximum atomic E-state index is 14.6. The van der Waals surface area contributed by atoms with Gasteiger partial charge in [-0.15, -0.1) is 11.3 Å². The molecule has 4 aromatic rings. The van der Waals surface area contributed by atoms with E-state index < -0.39 is 0 Å². The van der Waals surface area contributed by atoms with Crippen LogP contribution in [0.5, 0.6) is 0 Å². The molecule has 0 aliphatic heterocycles. The molecule has 2 aromatic heterocycles. The molecule has 4 rings (SSSR count). The van der Waals surface area contributed by atoms with Crippen LogP contribution in [0.2, 0.25) is 0 Å². The van der Waals surface area contributed by atoms with E-state index in [-0.39, 0.29) is 18.5 Å². The summed E-state index contributed by atoms with van der Waals surface area (Å²) < 4.78 is 14.6. The number of aliphatic hydroxyl groups excluding tert-OH is 1. The summed E-state index contributed by atoms with van der Waals surface area (Å²) in [4.78, 5) is 14.8. The molecule has 0 aliphatic rings. The van der Waals surface area contributed by atoms with Gasteiger partial charge >= 0.3 is 0 Å². The number of aromatic nitrogens is 3. The third-order valence-electron chi connectivity index (χ3n) is 5.03. The largest absolute Gasteiger partial charge is 0.396 e. The molecule has 2 heterocycles. The lowest BCUT2D eigenvalue weighted by atomic mass is 10.1. The van der Waals surface area contributed by atoms with Crippen LogP contribution in [0.1, 0.15) is 29.1 Å². The molecule has 0 saturated carbocycles. The minimum absolute atomic E-state index is 0.00339. The zero-order valence-electron chi connectivity index (χ0n) is 17.3. The number of nitrogens with one attached hydrogen (secondary N) is 1. The van der Waals surface area contributed by atoms with E-state index >= 15 is 0 Å². The van der Waals surface area contributed by atoms with Gasteiger partial charge in [-0.25, -0.2) is 19.3 Å². The van der Waals surface area contributed by atoms with Crippen LogP contribution in [-0.4, -0.2) is 26.7 Å². The van der Waals surface area contributed by atoms with Gasteiger partial charge in [0.25, 0.3) is 0 Å². The van der Waals surface area contributed by atoms with Gasteiger partial charge in [-0.1, -0.05) is 48.5 Å². The van der Waals surface area contributed by atoms with Crippen molar-refractivity contribution < 1.29 is 9.50 Å². The Kier molecular flexibility index (Phi) is 6.34. The fraction of sp³-hybridized carbons (Fsp3) is 0.208. The lowest BCUT2D eigenvalue weighted by Crippen LogP contribution is -2.10. The van der Waals surface area contributed by atoms with Crippen molar-refractivity contribution in [2.24, 2.45) is 0 Å². The van der Waals surface area contributed by atoms with Gasteiger partial charge < -0.3 is 10.4 Å². The molecule has 0 radical (unpaired) electrons. The maximum Gasteiger partial charge on any atom is 0.223 e. The lowest BCUT2D eigenvalue weighted by Gasteiger charge is -2.16. The quantitative estimate of drug-likeness (QED) is 0.406. The Balaban J connectivity index is 1.78. The second kappa shape index (κ2) is 9.32. The predicted octanol–water partition coefficient (Wildman–Crippen LogP) is 5.42. The van der Waals surface area contributed by atoms with Crippen LogP contribution >= 0.6 is 11.3 Å². The number of nitrogens with zero attached hydrogens (tertiary/aromatic N) is 3. The number of benzene rings is 2.